The summed E-state index contributed by atoms with van der Waals surface area (Å²) in [5.74, 6) is 0.490. The topological polar surface area (TPSA) is 49.8 Å². The lowest BCUT2D eigenvalue weighted by Gasteiger charge is -2.06. The van der Waals surface area contributed by atoms with Crippen LogP contribution in [0.5, 0.6) is 0 Å². The Hall–Kier alpha value is -3.12. The van der Waals surface area contributed by atoms with Gasteiger partial charge in [-0.25, -0.2) is 0 Å². The molecule has 0 spiro atoms. The van der Waals surface area contributed by atoms with Gasteiger partial charge in [-0.1, -0.05) is 26.0 Å². The normalized spacial score (nSPS) is 11.3. The molecule has 0 saturated heterocycles. The number of nitrogens with zero attached hydrogens (tertiary/aromatic N) is 2. The van der Waals surface area contributed by atoms with Crippen molar-refractivity contribution in [2.45, 2.75) is 20.3 Å². The number of aromatic nitrogens is 1. The van der Waals surface area contributed by atoms with E-state index < -0.39 is 0 Å². The van der Waals surface area contributed by atoms with Crippen LogP contribution in [-0.2, 0) is 6.42 Å². The monoisotopic (exact) mass is 326 g/mol. The summed E-state index contributed by atoms with van der Waals surface area (Å²) in [5.41, 5.74) is 5.39. The first-order valence-corrected chi connectivity index (χ1v) is 8.46. The zero-order valence-electron chi connectivity index (χ0n) is 14.3. The summed E-state index contributed by atoms with van der Waals surface area (Å²) >= 11 is 0. The number of hydrogen-bond donors (Lipinski definition) is 0. The van der Waals surface area contributed by atoms with Gasteiger partial charge in [-0.3, -0.25) is 4.98 Å². The molecule has 2 aromatic heterocycles. The molecule has 0 N–H and O–H groups in total. The van der Waals surface area contributed by atoms with Crippen LogP contribution in [0.3, 0.4) is 0 Å². The molecule has 0 unspecified atom stereocenters. The van der Waals surface area contributed by atoms with E-state index in [2.05, 4.69) is 31.0 Å². The summed E-state index contributed by atoms with van der Waals surface area (Å²) in [6.45, 7) is 4.31. The molecule has 3 nitrogen and oxygen atoms in total. The highest BCUT2D eigenvalue weighted by molar-refractivity contribution is 6.06. The second kappa shape index (κ2) is 6.07. The molecule has 0 atom stereocenters. The Balaban J connectivity index is 1.91. The zero-order valence-corrected chi connectivity index (χ0v) is 14.3. The summed E-state index contributed by atoms with van der Waals surface area (Å²) in [7, 11) is 0. The van der Waals surface area contributed by atoms with Crippen LogP contribution in [0.15, 0.2) is 59.1 Å². The van der Waals surface area contributed by atoms with E-state index in [0.29, 0.717) is 5.92 Å². The van der Waals surface area contributed by atoms with Crippen molar-refractivity contribution in [1.82, 2.24) is 4.98 Å². The standard InChI is InChI=1S/C22H18N2O/c1-14(2)9-16-12-22-19(10-17(16)13-23)18-7-6-15(11-21(18)25-22)20-5-3-4-8-24-20/h3-8,10-12,14H,9H2,1-2H3. The highest BCUT2D eigenvalue weighted by Gasteiger charge is 2.13. The third-order valence-electron chi connectivity index (χ3n) is 4.41. The Bertz CT molecular complexity index is 1100. The fourth-order valence-corrected chi connectivity index (χ4v) is 3.27. The maximum Gasteiger partial charge on any atom is 0.136 e. The fourth-order valence-electron chi connectivity index (χ4n) is 3.27. The Kier molecular flexibility index (Phi) is 3.74. The van der Waals surface area contributed by atoms with Gasteiger partial charge in [0.05, 0.1) is 17.3 Å². The van der Waals surface area contributed by atoms with E-state index in [1.54, 1.807) is 6.20 Å². The predicted molar refractivity (Wildman–Crippen MR) is 100 cm³/mol. The minimum absolute atomic E-state index is 0.490. The van der Waals surface area contributed by atoms with Gasteiger partial charge in [0.1, 0.15) is 11.2 Å². The number of rotatable bonds is 3. The molecule has 25 heavy (non-hydrogen) atoms. The van der Waals surface area contributed by atoms with Crippen LogP contribution in [0, 0.1) is 17.2 Å². The van der Waals surface area contributed by atoms with Crippen LogP contribution in [0.2, 0.25) is 0 Å². The van der Waals surface area contributed by atoms with Crippen molar-refractivity contribution in [2.24, 2.45) is 5.92 Å². The van der Waals surface area contributed by atoms with Gasteiger partial charge >= 0.3 is 0 Å². The summed E-state index contributed by atoms with van der Waals surface area (Å²) in [5, 5.41) is 11.5. The minimum atomic E-state index is 0.490. The van der Waals surface area contributed by atoms with E-state index in [0.717, 1.165) is 50.7 Å². The molecule has 2 heterocycles. The number of hydrogen-bond acceptors (Lipinski definition) is 3. The lowest BCUT2D eigenvalue weighted by Crippen LogP contribution is -1.97. The van der Waals surface area contributed by atoms with E-state index in [9.17, 15) is 5.26 Å². The molecular formula is C22H18N2O. The van der Waals surface area contributed by atoms with Gasteiger partial charge in [0, 0.05) is 22.5 Å². The molecule has 0 saturated carbocycles. The van der Waals surface area contributed by atoms with Gasteiger partial charge in [0.25, 0.3) is 0 Å². The van der Waals surface area contributed by atoms with Crippen LogP contribution in [0.1, 0.15) is 25.0 Å². The second-order valence-corrected chi connectivity index (χ2v) is 6.74. The largest absolute Gasteiger partial charge is 0.456 e. The van der Waals surface area contributed by atoms with Crippen molar-refractivity contribution in [1.29, 1.82) is 5.26 Å². The SMILES string of the molecule is CC(C)Cc1cc2oc3cc(-c4ccccn4)ccc3c2cc1C#N. The van der Waals surface area contributed by atoms with Gasteiger partial charge in [-0.2, -0.15) is 5.26 Å². The first-order valence-electron chi connectivity index (χ1n) is 8.46. The van der Waals surface area contributed by atoms with E-state index >= 15 is 0 Å². The molecule has 122 valence electrons. The molecule has 0 aliphatic heterocycles. The highest BCUT2D eigenvalue weighted by Crippen LogP contribution is 2.33. The molecule has 0 radical (unpaired) electrons. The van der Waals surface area contributed by atoms with E-state index in [1.807, 2.05) is 42.5 Å². The molecule has 3 heteroatoms. The Labute approximate surface area is 146 Å². The van der Waals surface area contributed by atoms with Crippen molar-refractivity contribution in [3.05, 3.63) is 65.9 Å². The van der Waals surface area contributed by atoms with Crippen molar-refractivity contribution >= 4 is 21.9 Å². The van der Waals surface area contributed by atoms with Crippen LogP contribution in [0.25, 0.3) is 33.2 Å². The van der Waals surface area contributed by atoms with Gasteiger partial charge in [-0.15, -0.1) is 0 Å². The maximum absolute atomic E-state index is 9.50. The molecule has 0 aliphatic rings. The number of pyridine rings is 1. The Morgan fingerprint density at radius 2 is 1.88 bits per heavy atom. The number of benzene rings is 2. The lowest BCUT2D eigenvalue weighted by molar-refractivity contribution is 0.641. The van der Waals surface area contributed by atoms with Gasteiger partial charge in [0.15, 0.2) is 0 Å². The Morgan fingerprint density at radius 1 is 1.04 bits per heavy atom. The molecule has 2 aromatic carbocycles. The van der Waals surface area contributed by atoms with E-state index in [-0.39, 0.29) is 0 Å². The van der Waals surface area contributed by atoms with Crippen molar-refractivity contribution < 1.29 is 4.42 Å². The number of furan rings is 1. The third kappa shape index (κ3) is 2.77. The number of fused-ring (bicyclic) bond motifs is 3. The number of nitriles is 1. The predicted octanol–water partition coefficient (Wildman–Crippen LogP) is 5.72. The second-order valence-electron chi connectivity index (χ2n) is 6.74. The molecule has 0 fully saturated rings. The summed E-state index contributed by atoms with van der Waals surface area (Å²) in [4.78, 5) is 4.40. The van der Waals surface area contributed by atoms with E-state index in [1.165, 1.54) is 0 Å². The summed E-state index contributed by atoms with van der Waals surface area (Å²) in [6, 6.07) is 18.3. The first-order chi connectivity index (χ1) is 12.2. The van der Waals surface area contributed by atoms with Crippen molar-refractivity contribution in [2.75, 3.05) is 0 Å². The van der Waals surface area contributed by atoms with Crippen molar-refractivity contribution in [3.63, 3.8) is 0 Å². The quantitative estimate of drug-likeness (QED) is 0.484. The zero-order chi connectivity index (χ0) is 17.4. The van der Waals surface area contributed by atoms with Crippen molar-refractivity contribution in [3.8, 4) is 17.3 Å². The first kappa shape index (κ1) is 15.4. The molecule has 0 amide bonds. The third-order valence-corrected chi connectivity index (χ3v) is 4.41. The summed E-state index contributed by atoms with van der Waals surface area (Å²) < 4.78 is 6.10. The maximum atomic E-state index is 9.50. The van der Waals surface area contributed by atoms with Gasteiger partial charge in [-0.05, 0) is 54.3 Å². The molecular weight excluding hydrogens is 308 g/mol. The average Bonchev–Trinajstić information content (AvgIpc) is 2.97. The van der Waals surface area contributed by atoms with Crippen LogP contribution >= 0.6 is 0 Å². The Morgan fingerprint density at radius 3 is 2.60 bits per heavy atom. The summed E-state index contributed by atoms with van der Waals surface area (Å²) in [6.07, 6.45) is 2.66. The van der Waals surface area contributed by atoms with E-state index in [4.69, 9.17) is 4.42 Å². The fraction of sp³-hybridized carbons (Fsp3) is 0.182. The van der Waals surface area contributed by atoms with Crippen LogP contribution in [-0.4, -0.2) is 4.98 Å². The average molecular weight is 326 g/mol. The highest BCUT2D eigenvalue weighted by atomic mass is 16.3. The smallest absolute Gasteiger partial charge is 0.136 e. The van der Waals surface area contributed by atoms with Gasteiger partial charge < -0.3 is 4.42 Å². The van der Waals surface area contributed by atoms with Crippen LogP contribution in [0.4, 0.5) is 0 Å². The minimum Gasteiger partial charge on any atom is -0.456 e. The lowest BCUT2D eigenvalue weighted by atomic mass is 9.96. The molecule has 0 bridgehead atoms. The molecule has 4 rings (SSSR count). The van der Waals surface area contributed by atoms with Gasteiger partial charge in [0.2, 0.25) is 0 Å². The molecule has 4 aromatic rings. The molecule has 0 aliphatic carbocycles. The van der Waals surface area contributed by atoms with Crippen LogP contribution < -0.4 is 0 Å².